The maximum Gasteiger partial charge on any atom is 0.255 e. The number of carbonyl (C=O) groups excluding carboxylic acids is 1. The number of sulfonamides is 1. The molecule has 4 rings (SSSR count). The van der Waals surface area contributed by atoms with Crippen LogP contribution in [0.4, 0.5) is 0 Å². The van der Waals surface area contributed by atoms with Crippen molar-refractivity contribution in [3.8, 4) is 5.75 Å². The summed E-state index contributed by atoms with van der Waals surface area (Å²) in [5, 5.41) is 6.41. The molecule has 1 saturated carbocycles. The molecular weight excluding hydrogens is 464 g/mol. The van der Waals surface area contributed by atoms with Crippen molar-refractivity contribution in [2.24, 2.45) is 10.3 Å². The van der Waals surface area contributed by atoms with Crippen LogP contribution in [0, 0.1) is 5.92 Å². The number of guanidine groups is 1. The van der Waals surface area contributed by atoms with E-state index in [1.165, 1.54) is 12.8 Å². The normalized spacial score (nSPS) is 18.1. The van der Waals surface area contributed by atoms with Crippen LogP contribution in [0.5, 0.6) is 5.75 Å². The Bertz CT molecular complexity index is 1150. The fraction of sp³-hybridized carbons (Fsp3) is 0.462. The van der Waals surface area contributed by atoms with E-state index in [0.29, 0.717) is 42.8 Å². The summed E-state index contributed by atoms with van der Waals surface area (Å²) in [5.41, 5.74) is 1.39. The number of carbonyl (C=O) groups is 1. The highest BCUT2D eigenvalue weighted by Crippen LogP contribution is 2.35. The molecule has 2 aliphatic rings. The average molecular weight is 499 g/mol. The molecule has 8 nitrogen and oxygen atoms in total. The van der Waals surface area contributed by atoms with E-state index >= 15 is 0 Å². The highest BCUT2D eigenvalue weighted by atomic mass is 32.2. The third kappa shape index (κ3) is 6.54. The zero-order valence-electron chi connectivity index (χ0n) is 20.4. The lowest BCUT2D eigenvalue weighted by molar-refractivity contribution is 0.0929. The number of para-hydroxylation sites is 1. The minimum atomic E-state index is -3.52. The number of nitrogens with zero attached hydrogens (tertiary/aromatic N) is 2. The van der Waals surface area contributed by atoms with E-state index in [9.17, 15) is 13.2 Å². The van der Waals surface area contributed by atoms with Gasteiger partial charge in [0.25, 0.3) is 15.9 Å². The van der Waals surface area contributed by atoms with Crippen molar-refractivity contribution >= 4 is 21.9 Å². The number of likely N-dealkylation sites (tertiary alicyclic amines) is 1. The van der Waals surface area contributed by atoms with Crippen molar-refractivity contribution in [2.45, 2.75) is 31.1 Å². The highest BCUT2D eigenvalue weighted by Gasteiger charge is 2.38. The largest absolute Gasteiger partial charge is 0.496 e. The number of hydrogen-bond acceptors (Lipinski definition) is 4. The van der Waals surface area contributed by atoms with Gasteiger partial charge in [-0.1, -0.05) is 42.5 Å². The van der Waals surface area contributed by atoms with Crippen LogP contribution in [-0.4, -0.2) is 64.7 Å². The molecule has 0 radical (unpaired) electrons. The van der Waals surface area contributed by atoms with E-state index in [-0.39, 0.29) is 11.3 Å². The smallest absolute Gasteiger partial charge is 0.255 e. The van der Waals surface area contributed by atoms with Crippen LogP contribution in [0.3, 0.4) is 0 Å². The summed E-state index contributed by atoms with van der Waals surface area (Å²) in [7, 11) is -1.97. The first kappa shape index (κ1) is 25.0. The minimum absolute atomic E-state index is 0.175. The molecule has 1 saturated heterocycles. The number of amides is 1. The molecule has 188 valence electrons. The van der Waals surface area contributed by atoms with E-state index in [2.05, 4.69) is 27.2 Å². The number of piperidine rings is 1. The second-order valence-corrected chi connectivity index (χ2v) is 11.1. The Kier molecular flexibility index (Phi) is 7.64. The lowest BCUT2D eigenvalue weighted by Gasteiger charge is -2.43. The van der Waals surface area contributed by atoms with Crippen LogP contribution in [0.25, 0.3) is 0 Å². The summed E-state index contributed by atoms with van der Waals surface area (Å²) in [6, 6.07) is 17.4. The molecule has 9 heteroatoms. The maximum atomic E-state index is 13.0. The van der Waals surface area contributed by atoms with E-state index in [1.54, 1.807) is 19.2 Å². The Labute approximate surface area is 207 Å². The summed E-state index contributed by atoms with van der Waals surface area (Å²) in [4.78, 5) is 15.0. The fourth-order valence-electron chi connectivity index (χ4n) is 4.60. The van der Waals surface area contributed by atoms with Crippen molar-refractivity contribution in [1.82, 2.24) is 15.5 Å². The van der Waals surface area contributed by atoms with Crippen LogP contribution < -0.4 is 15.4 Å². The summed E-state index contributed by atoms with van der Waals surface area (Å²) in [6.07, 6.45) is 4.95. The molecule has 2 aromatic rings. The molecule has 1 amide bonds. The number of rotatable bonds is 8. The molecule has 0 aromatic heterocycles. The standard InChI is InChI=1S/C26H34N4O4S/c1-34-23-11-7-6-10-22(23)24(31)28-19-26(21-8-4-3-5-9-21)14-16-30(17-15-26)25(29-35(2,32)33)27-18-20-12-13-20/h3-11,20H,12-19H2,1-2H3,(H,27,29)(H,28,31). The quantitative estimate of drug-likeness (QED) is 0.429. The van der Waals surface area contributed by atoms with Gasteiger partial charge in [-0.2, -0.15) is 0 Å². The second-order valence-electron chi connectivity index (χ2n) is 9.49. The Balaban J connectivity index is 1.51. The zero-order chi connectivity index (χ0) is 24.9. The molecule has 1 aliphatic carbocycles. The Morgan fingerprint density at radius 2 is 1.71 bits per heavy atom. The first-order chi connectivity index (χ1) is 16.8. The van der Waals surface area contributed by atoms with E-state index in [4.69, 9.17) is 4.74 Å². The van der Waals surface area contributed by atoms with Gasteiger partial charge in [-0.25, -0.2) is 8.42 Å². The van der Waals surface area contributed by atoms with Gasteiger partial charge in [0, 0.05) is 31.6 Å². The van der Waals surface area contributed by atoms with Crippen LogP contribution in [0.2, 0.25) is 0 Å². The van der Waals surface area contributed by atoms with Gasteiger partial charge < -0.3 is 20.3 Å². The third-order valence-corrected chi connectivity index (χ3v) is 7.35. The SMILES string of the molecule is COc1ccccc1C(=O)NCC1(c2ccccc2)CCN(/C(=N/S(C)(=O)=O)NCC2CC2)CC1. The molecule has 2 fully saturated rings. The van der Waals surface area contributed by atoms with Crippen molar-refractivity contribution in [3.63, 3.8) is 0 Å². The van der Waals surface area contributed by atoms with Crippen LogP contribution >= 0.6 is 0 Å². The predicted octanol–water partition coefficient (Wildman–Crippen LogP) is 2.77. The van der Waals surface area contributed by atoms with Gasteiger partial charge in [-0.15, -0.1) is 4.40 Å². The average Bonchev–Trinajstić information content (AvgIpc) is 3.70. The first-order valence-corrected chi connectivity index (χ1v) is 13.9. The molecule has 1 aliphatic heterocycles. The van der Waals surface area contributed by atoms with Gasteiger partial charge in [0.05, 0.1) is 18.9 Å². The van der Waals surface area contributed by atoms with Crippen LogP contribution in [0.1, 0.15) is 41.6 Å². The number of ether oxygens (including phenoxy) is 1. The zero-order valence-corrected chi connectivity index (χ0v) is 21.2. The van der Waals surface area contributed by atoms with Crippen molar-refractivity contribution < 1.29 is 17.9 Å². The molecular formula is C26H34N4O4S. The van der Waals surface area contributed by atoms with Gasteiger partial charge in [0.1, 0.15) is 5.75 Å². The van der Waals surface area contributed by atoms with Crippen LogP contribution in [-0.2, 0) is 15.4 Å². The lowest BCUT2D eigenvalue weighted by atomic mass is 9.72. The predicted molar refractivity (Wildman–Crippen MR) is 137 cm³/mol. The molecule has 2 aromatic carbocycles. The van der Waals surface area contributed by atoms with Crippen molar-refractivity contribution in [3.05, 3.63) is 65.7 Å². The number of methoxy groups -OCH3 is 1. The maximum absolute atomic E-state index is 13.0. The third-order valence-electron chi connectivity index (χ3n) is 6.84. The molecule has 0 bridgehead atoms. The van der Waals surface area contributed by atoms with E-state index in [0.717, 1.165) is 31.2 Å². The highest BCUT2D eigenvalue weighted by molar-refractivity contribution is 7.89. The van der Waals surface area contributed by atoms with E-state index in [1.807, 2.05) is 35.2 Å². The molecule has 0 atom stereocenters. The van der Waals surface area contributed by atoms with Gasteiger partial charge in [-0.3, -0.25) is 4.79 Å². The fourth-order valence-corrected chi connectivity index (χ4v) is 5.09. The molecule has 2 N–H and O–H groups in total. The summed E-state index contributed by atoms with van der Waals surface area (Å²) >= 11 is 0. The van der Waals surface area contributed by atoms with Crippen molar-refractivity contribution in [2.75, 3.05) is 39.5 Å². The first-order valence-electron chi connectivity index (χ1n) is 12.1. The summed E-state index contributed by atoms with van der Waals surface area (Å²) in [5.74, 6) is 1.39. The molecule has 0 spiro atoms. The Hall–Kier alpha value is -3.07. The van der Waals surface area contributed by atoms with Gasteiger partial charge in [0.15, 0.2) is 0 Å². The van der Waals surface area contributed by atoms with Gasteiger partial charge in [0.2, 0.25) is 5.96 Å². The molecule has 0 unspecified atom stereocenters. The van der Waals surface area contributed by atoms with Crippen molar-refractivity contribution in [1.29, 1.82) is 0 Å². The monoisotopic (exact) mass is 498 g/mol. The Morgan fingerprint density at radius 1 is 1.06 bits per heavy atom. The molecule has 35 heavy (non-hydrogen) atoms. The van der Waals surface area contributed by atoms with E-state index < -0.39 is 10.0 Å². The number of hydrogen-bond donors (Lipinski definition) is 2. The lowest BCUT2D eigenvalue weighted by Crippen LogP contribution is -2.53. The number of benzene rings is 2. The Morgan fingerprint density at radius 3 is 2.34 bits per heavy atom. The van der Waals surface area contributed by atoms with Gasteiger partial charge in [-0.05, 0) is 49.3 Å². The summed E-state index contributed by atoms with van der Waals surface area (Å²) < 4.78 is 33.3. The summed E-state index contributed by atoms with van der Waals surface area (Å²) in [6.45, 7) is 2.47. The van der Waals surface area contributed by atoms with Gasteiger partial charge >= 0.3 is 0 Å². The minimum Gasteiger partial charge on any atom is -0.496 e. The topological polar surface area (TPSA) is 100 Å². The van der Waals surface area contributed by atoms with Crippen LogP contribution in [0.15, 0.2) is 59.0 Å². The second kappa shape index (κ2) is 10.7. The number of nitrogens with one attached hydrogen (secondary N) is 2. The molecule has 1 heterocycles.